The third kappa shape index (κ3) is 3.72. The highest BCUT2D eigenvalue weighted by molar-refractivity contribution is 5.66. The Balaban J connectivity index is 2.31. The van der Waals surface area contributed by atoms with E-state index in [1.54, 1.807) is 18.2 Å². The van der Waals surface area contributed by atoms with Crippen molar-refractivity contribution in [3.8, 4) is 0 Å². The van der Waals surface area contributed by atoms with Gasteiger partial charge < -0.3 is 14.2 Å². The zero-order valence-electron chi connectivity index (χ0n) is 8.14. The van der Waals surface area contributed by atoms with Gasteiger partial charge in [-0.15, -0.1) is 6.58 Å². The Morgan fingerprint density at radius 3 is 3.00 bits per heavy atom. The molecule has 0 N–H and O–H groups in total. The van der Waals surface area contributed by atoms with E-state index in [0.29, 0.717) is 13.2 Å². The van der Waals surface area contributed by atoms with Gasteiger partial charge in [-0.05, 0) is 12.2 Å². The van der Waals surface area contributed by atoms with Crippen molar-refractivity contribution in [2.75, 3.05) is 13.2 Å². The fraction of sp³-hybridized carbons (Fsp3) is 0.500. The molecule has 0 aromatic rings. The lowest BCUT2D eigenvalue weighted by atomic mass is 10.3. The van der Waals surface area contributed by atoms with E-state index in [0.717, 1.165) is 0 Å². The maximum Gasteiger partial charge on any atom is 0.303 e. The zero-order chi connectivity index (χ0) is 10.4. The van der Waals surface area contributed by atoms with Crippen LogP contribution in [0.5, 0.6) is 0 Å². The number of hydrogen-bond acceptors (Lipinski definition) is 4. The Labute approximate surface area is 83.1 Å². The van der Waals surface area contributed by atoms with Gasteiger partial charge in [-0.25, -0.2) is 0 Å². The molecule has 0 amide bonds. The molecule has 2 atom stereocenters. The maximum absolute atomic E-state index is 10.6. The van der Waals surface area contributed by atoms with Crippen molar-refractivity contribution in [2.24, 2.45) is 0 Å². The second-order valence-corrected chi connectivity index (χ2v) is 2.86. The molecule has 0 aromatic heterocycles. The molecule has 4 heteroatoms. The summed E-state index contributed by atoms with van der Waals surface area (Å²) in [6.45, 7) is 5.66. The van der Waals surface area contributed by atoms with E-state index >= 15 is 0 Å². The minimum Gasteiger partial charge on any atom is -0.456 e. The number of rotatable bonds is 4. The molecule has 0 saturated heterocycles. The third-order valence-corrected chi connectivity index (χ3v) is 1.60. The highest BCUT2D eigenvalue weighted by Crippen LogP contribution is 2.09. The molecular weight excluding hydrogens is 184 g/mol. The van der Waals surface area contributed by atoms with Gasteiger partial charge in [0, 0.05) is 6.92 Å². The van der Waals surface area contributed by atoms with Gasteiger partial charge in [-0.2, -0.15) is 0 Å². The van der Waals surface area contributed by atoms with E-state index in [1.165, 1.54) is 6.92 Å². The molecule has 0 saturated carbocycles. The van der Waals surface area contributed by atoms with E-state index in [4.69, 9.17) is 14.2 Å². The molecular formula is C10H14O4. The van der Waals surface area contributed by atoms with Crippen molar-refractivity contribution < 1.29 is 19.0 Å². The molecule has 1 aliphatic heterocycles. The van der Waals surface area contributed by atoms with Crippen molar-refractivity contribution in [2.45, 2.75) is 19.3 Å². The predicted octanol–water partition coefficient (Wildman–Crippen LogP) is 1.03. The third-order valence-electron chi connectivity index (χ3n) is 1.60. The Hall–Kier alpha value is -1.13. The molecule has 1 aliphatic rings. The number of carbonyl (C=O) groups excluding carboxylic acids is 1. The summed E-state index contributed by atoms with van der Waals surface area (Å²) in [7, 11) is 0. The fourth-order valence-corrected chi connectivity index (χ4v) is 1.07. The molecule has 0 bridgehead atoms. The van der Waals surface area contributed by atoms with E-state index in [-0.39, 0.29) is 18.4 Å². The van der Waals surface area contributed by atoms with Crippen LogP contribution in [-0.4, -0.2) is 31.6 Å². The smallest absolute Gasteiger partial charge is 0.303 e. The molecule has 0 aromatic carbocycles. The van der Waals surface area contributed by atoms with Crippen molar-refractivity contribution in [3.05, 3.63) is 24.8 Å². The van der Waals surface area contributed by atoms with Crippen LogP contribution in [0.2, 0.25) is 0 Å². The molecule has 0 fully saturated rings. The van der Waals surface area contributed by atoms with Crippen LogP contribution in [0.4, 0.5) is 0 Å². The van der Waals surface area contributed by atoms with Gasteiger partial charge in [0.05, 0.1) is 13.2 Å². The first-order chi connectivity index (χ1) is 6.72. The molecule has 0 spiro atoms. The van der Waals surface area contributed by atoms with Gasteiger partial charge in [0.15, 0.2) is 6.29 Å². The number of carbonyl (C=O) groups is 1. The standard InChI is InChI=1S/C10H14O4/c1-3-6-12-10-5-4-9(7-13-10)14-8(2)11/h3-5,9-10H,1,6-7H2,2H3/t9-,10-/m0/s1. The summed E-state index contributed by atoms with van der Waals surface area (Å²) in [5, 5.41) is 0. The van der Waals surface area contributed by atoms with Gasteiger partial charge in [-0.3, -0.25) is 4.79 Å². The van der Waals surface area contributed by atoms with Gasteiger partial charge >= 0.3 is 5.97 Å². The van der Waals surface area contributed by atoms with Crippen LogP contribution in [0.1, 0.15) is 6.92 Å². The number of esters is 1. The summed E-state index contributed by atoms with van der Waals surface area (Å²) in [4.78, 5) is 10.6. The molecule has 1 rings (SSSR count). The second-order valence-electron chi connectivity index (χ2n) is 2.86. The van der Waals surface area contributed by atoms with Crippen molar-refractivity contribution in [1.82, 2.24) is 0 Å². The van der Waals surface area contributed by atoms with E-state index in [2.05, 4.69) is 6.58 Å². The van der Waals surface area contributed by atoms with Crippen LogP contribution >= 0.6 is 0 Å². The molecule has 14 heavy (non-hydrogen) atoms. The summed E-state index contributed by atoms with van der Waals surface area (Å²) >= 11 is 0. The molecule has 4 nitrogen and oxygen atoms in total. The van der Waals surface area contributed by atoms with Crippen LogP contribution in [0.25, 0.3) is 0 Å². The normalized spacial score (nSPS) is 25.8. The van der Waals surface area contributed by atoms with Crippen LogP contribution in [-0.2, 0) is 19.0 Å². The Morgan fingerprint density at radius 1 is 1.71 bits per heavy atom. The van der Waals surface area contributed by atoms with Gasteiger partial charge in [0.25, 0.3) is 0 Å². The Morgan fingerprint density at radius 2 is 2.50 bits per heavy atom. The van der Waals surface area contributed by atoms with E-state index < -0.39 is 0 Å². The lowest BCUT2D eigenvalue weighted by molar-refractivity contribution is -0.159. The summed E-state index contributed by atoms with van der Waals surface area (Å²) < 4.78 is 15.4. The van der Waals surface area contributed by atoms with Crippen LogP contribution < -0.4 is 0 Å². The number of ether oxygens (including phenoxy) is 3. The first-order valence-electron chi connectivity index (χ1n) is 4.42. The molecule has 0 radical (unpaired) electrons. The average molecular weight is 198 g/mol. The van der Waals surface area contributed by atoms with Gasteiger partial charge in [0.1, 0.15) is 6.10 Å². The average Bonchev–Trinajstić information content (AvgIpc) is 2.16. The van der Waals surface area contributed by atoms with Gasteiger partial charge in [-0.1, -0.05) is 6.08 Å². The molecule has 0 aliphatic carbocycles. The first-order valence-corrected chi connectivity index (χ1v) is 4.42. The monoisotopic (exact) mass is 198 g/mol. The number of hydrogen-bond donors (Lipinski definition) is 0. The first kappa shape index (κ1) is 10.9. The summed E-state index contributed by atoms with van der Waals surface area (Å²) in [6, 6.07) is 0. The van der Waals surface area contributed by atoms with Crippen molar-refractivity contribution >= 4 is 5.97 Å². The van der Waals surface area contributed by atoms with Crippen molar-refractivity contribution in [3.63, 3.8) is 0 Å². The molecule has 78 valence electrons. The second kappa shape index (κ2) is 5.57. The Kier molecular flexibility index (Phi) is 4.35. The lowest BCUT2D eigenvalue weighted by Crippen LogP contribution is -2.29. The molecule has 0 unspecified atom stereocenters. The zero-order valence-corrected chi connectivity index (χ0v) is 8.14. The topological polar surface area (TPSA) is 44.8 Å². The predicted molar refractivity (Wildman–Crippen MR) is 50.6 cm³/mol. The maximum atomic E-state index is 10.6. The SMILES string of the molecule is C=CCO[C@@H]1C=C[C@H](OC(C)=O)CO1. The van der Waals surface area contributed by atoms with Crippen molar-refractivity contribution in [1.29, 1.82) is 0 Å². The van der Waals surface area contributed by atoms with E-state index in [9.17, 15) is 4.79 Å². The minimum atomic E-state index is -0.361. The summed E-state index contributed by atoms with van der Waals surface area (Å²) in [6.07, 6.45) is 4.48. The largest absolute Gasteiger partial charge is 0.456 e. The van der Waals surface area contributed by atoms with Crippen LogP contribution in [0.15, 0.2) is 24.8 Å². The lowest BCUT2D eigenvalue weighted by Gasteiger charge is -2.22. The highest BCUT2D eigenvalue weighted by atomic mass is 16.7. The molecule has 1 heterocycles. The highest BCUT2D eigenvalue weighted by Gasteiger charge is 2.17. The minimum absolute atomic E-state index is 0.295. The summed E-state index contributed by atoms with van der Waals surface area (Å²) in [5.41, 5.74) is 0. The van der Waals surface area contributed by atoms with E-state index in [1.807, 2.05) is 0 Å². The van der Waals surface area contributed by atoms with Gasteiger partial charge in [0.2, 0.25) is 0 Å². The quantitative estimate of drug-likeness (QED) is 0.500. The van der Waals surface area contributed by atoms with Crippen LogP contribution in [0.3, 0.4) is 0 Å². The summed E-state index contributed by atoms with van der Waals surface area (Å²) in [5.74, 6) is -0.311. The van der Waals surface area contributed by atoms with Crippen LogP contribution in [0, 0.1) is 0 Å². The fourth-order valence-electron chi connectivity index (χ4n) is 1.07. The Bertz CT molecular complexity index is 234.